The minimum absolute atomic E-state index is 0.506. The van der Waals surface area contributed by atoms with Crippen molar-refractivity contribution in [2.24, 2.45) is 0 Å². The lowest BCUT2D eigenvalue weighted by Gasteiger charge is -2.20. The highest BCUT2D eigenvalue weighted by Crippen LogP contribution is 2.27. The first kappa shape index (κ1) is 19.4. The van der Waals surface area contributed by atoms with E-state index in [1.807, 2.05) is 18.5 Å². The fourth-order valence-electron chi connectivity index (χ4n) is 4.78. The van der Waals surface area contributed by atoms with Gasteiger partial charge in [0.25, 0.3) is 0 Å². The highest BCUT2D eigenvalue weighted by atomic mass is 15.3. The van der Waals surface area contributed by atoms with Crippen LogP contribution in [0.5, 0.6) is 0 Å². The van der Waals surface area contributed by atoms with Crippen LogP contribution in [0.25, 0.3) is 0 Å². The van der Waals surface area contributed by atoms with Crippen LogP contribution in [0.4, 0.5) is 0 Å². The molecule has 6 nitrogen and oxygen atoms in total. The van der Waals surface area contributed by atoms with E-state index < -0.39 is 0 Å². The number of likely N-dealkylation sites (tertiary alicyclic amines) is 1. The zero-order valence-corrected chi connectivity index (χ0v) is 17.5. The van der Waals surface area contributed by atoms with E-state index in [1.54, 1.807) is 0 Å². The molecule has 2 aliphatic heterocycles. The summed E-state index contributed by atoms with van der Waals surface area (Å²) in [7, 11) is 0. The molecule has 0 radical (unpaired) electrons. The van der Waals surface area contributed by atoms with Crippen molar-refractivity contribution in [2.75, 3.05) is 32.7 Å². The van der Waals surface area contributed by atoms with Crippen LogP contribution in [0.15, 0.2) is 54.9 Å². The van der Waals surface area contributed by atoms with Crippen LogP contribution in [0.2, 0.25) is 0 Å². The van der Waals surface area contributed by atoms with Crippen LogP contribution in [-0.2, 0) is 25.9 Å². The molecule has 3 aromatic rings. The smallest absolute Gasteiger partial charge is 0.137 e. The molecule has 2 aliphatic rings. The van der Waals surface area contributed by atoms with E-state index in [-0.39, 0.29) is 0 Å². The molecule has 1 saturated heterocycles. The van der Waals surface area contributed by atoms with Gasteiger partial charge in [-0.15, -0.1) is 10.2 Å². The van der Waals surface area contributed by atoms with Crippen molar-refractivity contribution >= 4 is 0 Å². The predicted molar refractivity (Wildman–Crippen MR) is 117 cm³/mol. The highest BCUT2D eigenvalue weighted by molar-refractivity contribution is 5.15. The van der Waals surface area contributed by atoms with E-state index in [0.717, 1.165) is 64.5 Å². The summed E-state index contributed by atoms with van der Waals surface area (Å²) in [6.45, 7) is 7.40. The average molecular weight is 403 g/mol. The molecule has 0 N–H and O–H groups in total. The topological polar surface area (TPSA) is 50.1 Å². The number of hydrogen-bond donors (Lipinski definition) is 0. The summed E-state index contributed by atoms with van der Waals surface area (Å²) in [5.74, 6) is 2.86. The number of pyridine rings is 1. The molecule has 1 atom stereocenters. The number of rotatable bonds is 6. The summed E-state index contributed by atoms with van der Waals surface area (Å²) in [6, 6.07) is 15.0. The second kappa shape index (κ2) is 9.06. The molecule has 0 amide bonds. The zero-order valence-electron chi connectivity index (χ0n) is 17.5. The van der Waals surface area contributed by atoms with E-state index in [2.05, 4.69) is 65.9 Å². The summed E-state index contributed by atoms with van der Waals surface area (Å²) in [6.07, 6.45) is 7.09. The second-order valence-electron chi connectivity index (χ2n) is 8.54. The van der Waals surface area contributed by atoms with Gasteiger partial charge in [0.05, 0.1) is 0 Å². The molecule has 1 unspecified atom stereocenters. The molecule has 0 aliphatic carbocycles. The summed E-state index contributed by atoms with van der Waals surface area (Å²) < 4.78 is 2.41. The van der Waals surface area contributed by atoms with Gasteiger partial charge in [-0.05, 0) is 36.6 Å². The van der Waals surface area contributed by atoms with Gasteiger partial charge < -0.3 is 9.47 Å². The van der Waals surface area contributed by atoms with Crippen molar-refractivity contribution in [3.63, 3.8) is 0 Å². The van der Waals surface area contributed by atoms with Gasteiger partial charge in [-0.3, -0.25) is 9.88 Å². The first-order chi connectivity index (χ1) is 14.8. The Balaban J connectivity index is 1.19. The maximum Gasteiger partial charge on any atom is 0.137 e. The van der Waals surface area contributed by atoms with Gasteiger partial charge in [0.15, 0.2) is 0 Å². The van der Waals surface area contributed by atoms with E-state index >= 15 is 0 Å². The number of hydrogen-bond acceptors (Lipinski definition) is 5. The minimum atomic E-state index is 0.506. The van der Waals surface area contributed by atoms with Crippen LogP contribution in [0.1, 0.15) is 35.1 Å². The Morgan fingerprint density at radius 2 is 1.77 bits per heavy atom. The van der Waals surface area contributed by atoms with Gasteiger partial charge in [0.2, 0.25) is 0 Å². The maximum absolute atomic E-state index is 4.64. The van der Waals surface area contributed by atoms with Crippen LogP contribution in [0.3, 0.4) is 0 Å². The molecule has 30 heavy (non-hydrogen) atoms. The van der Waals surface area contributed by atoms with Crippen LogP contribution in [-0.4, -0.2) is 62.3 Å². The molecule has 0 saturated carbocycles. The second-order valence-corrected chi connectivity index (χ2v) is 8.54. The number of benzene rings is 1. The lowest BCUT2D eigenvalue weighted by Crippen LogP contribution is -2.27. The van der Waals surface area contributed by atoms with Crippen molar-refractivity contribution in [3.05, 3.63) is 77.6 Å². The quantitative estimate of drug-likeness (QED) is 0.635. The highest BCUT2D eigenvalue weighted by Gasteiger charge is 2.29. The Morgan fingerprint density at radius 3 is 2.63 bits per heavy atom. The molecule has 4 heterocycles. The lowest BCUT2D eigenvalue weighted by atomic mass is 10.1. The SMILES string of the molecule is c1ccc(CCN2CCC(c3nnc4n3CCN(Cc3cccnc3)CC4)C2)cc1. The summed E-state index contributed by atoms with van der Waals surface area (Å²) in [4.78, 5) is 9.35. The Labute approximate surface area is 178 Å². The normalized spacial score (nSPS) is 20.2. The number of nitrogens with zero attached hydrogens (tertiary/aromatic N) is 6. The van der Waals surface area contributed by atoms with Gasteiger partial charge in [0.1, 0.15) is 11.6 Å². The third-order valence-corrected chi connectivity index (χ3v) is 6.47. The molecule has 0 bridgehead atoms. The van der Waals surface area contributed by atoms with Crippen LogP contribution < -0.4 is 0 Å². The monoisotopic (exact) mass is 402 g/mol. The number of aromatic nitrogens is 4. The van der Waals surface area contributed by atoms with Gasteiger partial charge in [-0.1, -0.05) is 36.4 Å². The third-order valence-electron chi connectivity index (χ3n) is 6.47. The molecule has 1 aromatic carbocycles. The lowest BCUT2D eigenvalue weighted by molar-refractivity contribution is 0.269. The summed E-state index contributed by atoms with van der Waals surface area (Å²) in [5.41, 5.74) is 2.70. The van der Waals surface area contributed by atoms with E-state index in [1.165, 1.54) is 23.4 Å². The third kappa shape index (κ3) is 4.45. The fourth-order valence-corrected chi connectivity index (χ4v) is 4.78. The predicted octanol–water partition coefficient (Wildman–Crippen LogP) is 2.76. The fraction of sp³-hybridized carbons (Fsp3) is 0.458. The molecule has 2 aromatic heterocycles. The average Bonchev–Trinajstić information content (AvgIpc) is 3.37. The van der Waals surface area contributed by atoms with Crippen LogP contribution in [0, 0.1) is 0 Å². The van der Waals surface area contributed by atoms with Crippen molar-refractivity contribution in [1.29, 1.82) is 0 Å². The summed E-state index contributed by atoms with van der Waals surface area (Å²) >= 11 is 0. The molecule has 1 fully saturated rings. The van der Waals surface area contributed by atoms with E-state index in [4.69, 9.17) is 0 Å². The first-order valence-corrected chi connectivity index (χ1v) is 11.1. The van der Waals surface area contributed by atoms with Crippen molar-refractivity contribution in [1.82, 2.24) is 29.5 Å². The van der Waals surface area contributed by atoms with Crippen LogP contribution >= 0.6 is 0 Å². The van der Waals surface area contributed by atoms with Gasteiger partial charge in [-0.2, -0.15) is 0 Å². The van der Waals surface area contributed by atoms with Crippen molar-refractivity contribution < 1.29 is 0 Å². The van der Waals surface area contributed by atoms with E-state index in [9.17, 15) is 0 Å². The van der Waals surface area contributed by atoms with Gasteiger partial charge >= 0.3 is 0 Å². The minimum Gasteiger partial charge on any atom is -0.313 e. The Morgan fingerprint density at radius 1 is 0.867 bits per heavy atom. The Bertz CT molecular complexity index is 939. The van der Waals surface area contributed by atoms with Crippen molar-refractivity contribution in [3.8, 4) is 0 Å². The number of fused-ring (bicyclic) bond motifs is 1. The van der Waals surface area contributed by atoms with Crippen molar-refractivity contribution in [2.45, 2.75) is 38.3 Å². The zero-order chi connectivity index (χ0) is 20.2. The largest absolute Gasteiger partial charge is 0.313 e. The first-order valence-electron chi connectivity index (χ1n) is 11.1. The van der Waals surface area contributed by atoms with E-state index in [0.29, 0.717) is 5.92 Å². The molecule has 5 rings (SSSR count). The standard InChI is InChI=1S/C24H30N6/c1-2-5-20(6-3-1)8-12-28-13-9-22(19-28)24-27-26-23-10-14-29(15-16-30(23)24)18-21-7-4-11-25-17-21/h1-7,11,17,22H,8-10,12-16,18-19H2. The van der Waals surface area contributed by atoms with Gasteiger partial charge in [-0.25, -0.2) is 0 Å². The van der Waals surface area contributed by atoms with Gasteiger partial charge in [0, 0.05) is 64.0 Å². The maximum atomic E-state index is 4.64. The molecular formula is C24H30N6. The summed E-state index contributed by atoms with van der Waals surface area (Å²) in [5, 5.41) is 9.22. The Hall–Kier alpha value is -2.57. The molecule has 156 valence electrons. The molecular weight excluding hydrogens is 372 g/mol. The molecule has 6 heteroatoms. The molecule has 0 spiro atoms. The Kier molecular flexibility index (Phi) is 5.86.